The van der Waals surface area contributed by atoms with E-state index in [1.807, 2.05) is 13.8 Å². The summed E-state index contributed by atoms with van der Waals surface area (Å²) in [5, 5.41) is 8.67. The van der Waals surface area contributed by atoms with Gasteiger partial charge in [0.2, 0.25) is 0 Å². The molecular weight excluding hydrogens is 182 g/mol. The predicted octanol–water partition coefficient (Wildman–Crippen LogP) is 1.94. The molecule has 0 radical (unpaired) electrons. The normalized spacial score (nSPS) is 12.8. The van der Waals surface area contributed by atoms with E-state index >= 15 is 0 Å². The van der Waals surface area contributed by atoms with Gasteiger partial charge in [0, 0.05) is 6.42 Å². The molecule has 14 heavy (non-hydrogen) atoms. The average molecular weight is 197 g/mol. The number of aryl methyl sites for hydroxylation is 3. The highest BCUT2D eigenvalue weighted by atomic mass is 16.4. The number of hydrogen-bond acceptors (Lipinski definition) is 3. The van der Waals surface area contributed by atoms with Crippen LogP contribution >= 0.6 is 0 Å². The summed E-state index contributed by atoms with van der Waals surface area (Å²) in [5.41, 5.74) is 0.878. The highest BCUT2D eigenvalue weighted by molar-refractivity contribution is 5.69. The van der Waals surface area contributed by atoms with Crippen molar-refractivity contribution >= 4 is 5.97 Å². The quantitative estimate of drug-likeness (QED) is 0.801. The zero-order valence-electron chi connectivity index (χ0n) is 8.70. The van der Waals surface area contributed by atoms with Gasteiger partial charge in [-0.2, -0.15) is 0 Å². The molecule has 0 saturated heterocycles. The lowest BCUT2D eigenvalue weighted by atomic mass is 10.1. The van der Waals surface area contributed by atoms with E-state index in [2.05, 4.69) is 4.98 Å². The van der Waals surface area contributed by atoms with Gasteiger partial charge in [-0.3, -0.25) is 4.79 Å². The third-order valence-electron chi connectivity index (χ3n) is 2.29. The van der Waals surface area contributed by atoms with Crippen molar-refractivity contribution in [1.29, 1.82) is 0 Å². The predicted molar refractivity (Wildman–Crippen MR) is 51.1 cm³/mol. The minimum Gasteiger partial charge on any atom is -0.481 e. The van der Waals surface area contributed by atoms with Crippen molar-refractivity contribution in [3.63, 3.8) is 0 Å². The molecule has 0 aliphatic heterocycles. The Morgan fingerprint density at radius 3 is 2.64 bits per heavy atom. The summed E-state index contributed by atoms with van der Waals surface area (Å²) in [7, 11) is 0. The monoisotopic (exact) mass is 197 g/mol. The number of aromatic nitrogens is 1. The Morgan fingerprint density at radius 2 is 2.21 bits per heavy atom. The maximum Gasteiger partial charge on any atom is 0.306 e. The lowest BCUT2D eigenvalue weighted by molar-refractivity contribution is -0.141. The Hall–Kier alpha value is -1.32. The first-order chi connectivity index (χ1) is 6.50. The fraction of sp³-hybridized carbons (Fsp3) is 0.600. The van der Waals surface area contributed by atoms with Crippen LogP contribution in [0.3, 0.4) is 0 Å². The van der Waals surface area contributed by atoms with Crippen LogP contribution in [0.2, 0.25) is 0 Å². The van der Waals surface area contributed by atoms with E-state index in [-0.39, 0.29) is 5.92 Å². The molecule has 0 aliphatic rings. The summed E-state index contributed by atoms with van der Waals surface area (Å²) in [6.07, 6.45) is 1.15. The molecular formula is C10H15NO3. The molecule has 1 aromatic heterocycles. The van der Waals surface area contributed by atoms with Crippen molar-refractivity contribution in [2.75, 3.05) is 0 Å². The molecule has 1 unspecified atom stereocenters. The van der Waals surface area contributed by atoms with E-state index in [4.69, 9.17) is 9.52 Å². The van der Waals surface area contributed by atoms with Gasteiger partial charge in [0.1, 0.15) is 5.76 Å². The smallest absolute Gasteiger partial charge is 0.306 e. The Labute approximate surface area is 83.0 Å². The van der Waals surface area contributed by atoms with Crippen LogP contribution in [0.1, 0.15) is 30.7 Å². The third kappa shape index (κ3) is 2.58. The first-order valence-corrected chi connectivity index (χ1v) is 4.66. The van der Waals surface area contributed by atoms with Crippen LogP contribution in [0.4, 0.5) is 0 Å². The van der Waals surface area contributed by atoms with Crippen molar-refractivity contribution < 1.29 is 14.3 Å². The molecule has 4 heteroatoms. The van der Waals surface area contributed by atoms with Crippen LogP contribution in [0.5, 0.6) is 0 Å². The van der Waals surface area contributed by atoms with Crippen molar-refractivity contribution in [1.82, 2.24) is 4.98 Å². The summed E-state index contributed by atoms with van der Waals surface area (Å²) >= 11 is 0. The van der Waals surface area contributed by atoms with Gasteiger partial charge in [0.15, 0.2) is 5.89 Å². The molecule has 0 spiro atoms. The van der Waals surface area contributed by atoms with Crippen LogP contribution in [-0.4, -0.2) is 16.1 Å². The van der Waals surface area contributed by atoms with Crippen molar-refractivity contribution in [3.05, 3.63) is 17.3 Å². The molecule has 0 aliphatic carbocycles. The van der Waals surface area contributed by atoms with E-state index in [0.717, 1.165) is 11.5 Å². The van der Waals surface area contributed by atoms with Gasteiger partial charge < -0.3 is 9.52 Å². The van der Waals surface area contributed by atoms with Gasteiger partial charge in [-0.25, -0.2) is 4.98 Å². The number of carboxylic acids is 1. The molecule has 1 atom stereocenters. The molecule has 1 rings (SSSR count). The zero-order chi connectivity index (χ0) is 10.7. The lowest BCUT2D eigenvalue weighted by Gasteiger charge is -2.02. The van der Waals surface area contributed by atoms with E-state index < -0.39 is 5.97 Å². The number of rotatable bonds is 4. The fourth-order valence-corrected chi connectivity index (χ4v) is 1.11. The van der Waals surface area contributed by atoms with Crippen molar-refractivity contribution in [2.24, 2.45) is 5.92 Å². The fourth-order valence-electron chi connectivity index (χ4n) is 1.11. The molecule has 0 amide bonds. The maximum atomic E-state index is 10.5. The first-order valence-electron chi connectivity index (χ1n) is 4.66. The van der Waals surface area contributed by atoms with E-state index in [1.165, 1.54) is 0 Å². The van der Waals surface area contributed by atoms with Crippen LogP contribution in [0.15, 0.2) is 4.42 Å². The number of nitrogens with zero attached hydrogens (tertiary/aromatic N) is 1. The third-order valence-corrected chi connectivity index (χ3v) is 2.29. The average Bonchev–Trinajstić information content (AvgIpc) is 2.42. The highest BCUT2D eigenvalue weighted by Crippen LogP contribution is 2.12. The van der Waals surface area contributed by atoms with Crippen LogP contribution in [0, 0.1) is 19.8 Å². The second-order valence-electron chi connectivity index (χ2n) is 3.53. The second-order valence-corrected chi connectivity index (χ2v) is 3.53. The van der Waals surface area contributed by atoms with Crippen LogP contribution in [-0.2, 0) is 11.2 Å². The summed E-state index contributed by atoms with van der Waals surface area (Å²) in [6.45, 7) is 5.42. The second kappa shape index (κ2) is 4.26. The summed E-state index contributed by atoms with van der Waals surface area (Å²) in [6, 6.07) is 0. The molecule has 0 saturated carbocycles. The van der Waals surface area contributed by atoms with Crippen molar-refractivity contribution in [3.8, 4) is 0 Å². The summed E-state index contributed by atoms with van der Waals surface area (Å²) < 4.78 is 5.34. The number of aliphatic carboxylic acids is 1. The molecule has 0 fully saturated rings. The molecule has 0 aromatic carbocycles. The molecule has 1 heterocycles. The SMILES string of the molecule is Cc1nc(CCC(C)C(=O)O)oc1C. The van der Waals surface area contributed by atoms with Crippen LogP contribution < -0.4 is 0 Å². The van der Waals surface area contributed by atoms with E-state index in [0.29, 0.717) is 18.7 Å². The number of carbonyl (C=O) groups is 1. The lowest BCUT2D eigenvalue weighted by Crippen LogP contribution is -2.10. The molecule has 0 bridgehead atoms. The largest absolute Gasteiger partial charge is 0.481 e. The Kier molecular flexibility index (Phi) is 3.28. The van der Waals surface area contributed by atoms with Crippen molar-refractivity contribution in [2.45, 2.75) is 33.6 Å². The topological polar surface area (TPSA) is 63.3 Å². The maximum absolute atomic E-state index is 10.5. The molecule has 78 valence electrons. The van der Waals surface area contributed by atoms with E-state index in [9.17, 15) is 4.79 Å². The van der Waals surface area contributed by atoms with Gasteiger partial charge in [-0.15, -0.1) is 0 Å². The van der Waals surface area contributed by atoms with Crippen LogP contribution in [0.25, 0.3) is 0 Å². The van der Waals surface area contributed by atoms with E-state index in [1.54, 1.807) is 6.92 Å². The van der Waals surface area contributed by atoms with Gasteiger partial charge in [-0.1, -0.05) is 6.92 Å². The molecule has 1 N–H and O–H groups in total. The summed E-state index contributed by atoms with van der Waals surface area (Å²) in [5.74, 6) is 0.323. The van der Waals surface area contributed by atoms with Gasteiger partial charge in [0.25, 0.3) is 0 Å². The molecule has 4 nitrogen and oxygen atoms in total. The van der Waals surface area contributed by atoms with Gasteiger partial charge >= 0.3 is 5.97 Å². The number of carboxylic acid groups (broad SMARTS) is 1. The number of oxazole rings is 1. The Morgan fingerprint density at radius 1 is 1.57 bits per heavy atom. The van der Waals surface area contributed by atoms with Gasteiger partial charge in [-0.05, 0) is 20.3 Å². The number of hydrogen-bond donors (Lipinski definition) is 1. The zero-order valence-corrected chi connectivity index (χ0v) is 8.70. The molecule has 1 aromatic rings. The van der Waals surface area contributed by atoms with Gasteiger partial charge in [0.05, 0.1) is 11.6 Å². The Balaban J connectivity index is 2.50. The Bertz CT molecular complexity index is 311. The highest BCUT2D eigenvalue weighted by Gasteiger charge is 2.13. The summed E-state index contributed by atoms with van der Waals surface area (Å²) in [4.78, 5) is 14.7. The standard InChI is InChI=1S/C10H15NO3/c1-6(10(12)13)4-5-9-11-7(2)8(3)14-9/h6H,4-5H2,1-3H3,(H,12,13). The minimum absolute atomic E-state index is 0.345. The first kappa shape index (κ1) is 10.8. The minimum atomic E-state index is -0.773.